The van der Waals surface area contributed by atoms with Crippen molar-refractivity contribution >= 4 is 21.7 Å². The molecule has 0 fully saturated rings. The van der Waals surface area contributed by atoms with Crippen LogP contribution in [0.25, 0.3) is 0 Å². The van der Waals surface area contributed by atoms with Gasteiger partial charge in [0.05, 0.1) is 16.1 Å². The van der Waals surface area contributed by atoms with Crippen molar-refractivity contribution in [3.8, 4) is 0 Å². The van der Waals surface area contributed by atoms with Crippen molar-refractivity contribution in [1.29, 1.82) is 0 Å². The van der Waals surface area contributed by atoms with Gasteiger partial charge in [0.2, 0.25) is 0 Å². The van der Waals surface area contributed by atoms with Gasteiger partial charge < -0.3 is 5.11 Å². The van der Waals surface area contributed by atoms with Crippen molar-refractivity contribution in [3.05, 3.63) is 95.1 Å². The van der Waals surface area contributed by atoms with Crippen LogP contribution in [-0.4, -0.2) is 19.5 Å². The third-order valence-electron chi connectivity index (χ3n) is 4.82. The van der Waals surface area contributed by atoms with Gasteiger partial charge in [0.25, 0.3) is 10.0 Å². The molecule has 0 amide bonds. The maximum Gasteiger partial charge on any atom is 0.335 e. The number of hydrogen-bond donors (Lipinski definition) is 2. The summed E-state index contributed by atoms with van der Waals surface area (Å²) >= 11 is 0. The Morgan fingerprint density at radius 1 is 0.862 bits per heavy atom. The Labute approximate surface area is 171 Å². The van der Waals surface area contributed by atoms with Crippen LogP contribution in [-0.2, 0) is 29.3 Å². The zero-order chi connectivity index (χ0) is 20.9. The maximum atomic E-state index is 12.8. The fourth-order valence-corrected chi connectivity index (χ4v) is 4.26. The Bertz CT molecular complexity index is 1110. The van der Waals surface area contributed by atoms with E-state index in [4.69, 9.17) is 0 Å². The number of carbonyl (C=O) groups is 1. The molecular weight excluding hydrogens is 386 g/mol. The minimum atomic E-state index is -3.71. The summed E-state index contributed by atoms with van der Waals surface area (Å²) in [5.74, 6) is -0.967. The van der Waals surface area contributed by atoms with Crippen molar-refractivity contribution < 1.29 is 18.3 Å². The molecule has 29 heavy (non-hydrogen) atoms. The number of aryl methyl sites for hydroxylation is 3. The molecule has 0 radical (unpaired) electrons. The predicted octanol–water partition coefficient (Wildman–Crippen LogP) is 4.53. The number of carboxylic acids is 1. The molecule has 3 aromatic carbocycles. The second-order valence-corrected chi connectivity index (χ2v) is 8.40. The molecule has 0 unspecified atom stereocenters. The van der Waals surface area contributed by atoms with Crippen molar-refractivity contribution in [2.45, 2.75) is 31.1 Å². The molecule has 0 aliphatic heterocycles. The van der Waals surface area contributed by atoms with Crippen LogP contribution in [0.1, 0.15) is 34.0 Å². The zero-order valence-corrected chi connectivity index (χ0v) is 16.9. The lowest BCUT2D eigenvalue weighted by atomic mass is 9.99. The maximum absolute atomic E-state index is 12.8. The highest BCUT2D eigenvalue weighted by atomic mass is 32.2. The van der Waals surface area contributed by atoms with Crippen LogP contribution in [0, 0.1) is 0 Å². The fraction of sp³-hybridized carbons (Fsp3) is 0.174. The van der Waals surface area contributed by atoms with Gasteiger partial charge in [-0.05, 0) is 60.2 Å². The number of para-hydroxylation sites is 1. The molecule has 0 saturated heterocycles. The number of carboxylic acid groups (broad SMARTS) is 1. The number of nitrogens with one attached hydrogen (secondary N) is 1. The first kappa shape index (κ1) is 20.6. The Hall–Kier alpha value is -3.12. The van der Waals surface area contributed by atoms with E-state index in [2.05, 4.69) is 4.72 Å². The topological polar surface area (TPSA) is 83.5 Å². The first-order valence-corrected chi connectivity index (χ1v) is 10.9. The molecule has 3 aromatic rings. The highest BCUT2D eigenvalue weighted by molar-refractivity contribution is 7.92. The molecule has 2 N–H and O–H groups in total. The summed E-state index contributed by atoms with van der Waals surface area (Å²) in [6.45, 7) is 2.01. The molecule has 0 aliphatic carbocycles. The third kappa shape index (κ3) is 5.03. The number of rotatable bonds is 8. The molecule has 0 spiro atoms. The molecule has 0 aromatic heterocycles. The average Bonchev–Trinajstić information content (AvgIpc) is 2.73. The largest absolute Gasteiger partial charge is 0.478 e. The molecule has 5 nitrogen and oxygen atoms in total. The summed E-state index contributed by atoms with van der Waals surface area (Å²) in [7, 11) is -3.71. The van der Waals surface area contributed by atoms with Crippen molar-refractivity contribution in [2.24, 2.45) is 0 Å². The number of aromatic carboxylic acids is 1. The van der Waals surface area contributed by atoms with Gasteiger partial charge in [0.15, 0.2) is 0 Å². The molecule has 3 rings (SSSR count). The Kier molecular flexibility index (Phi) is 6.34. The van der Waals surface area contributed by atoms with E-state index in [9.17, 15) is 18.3 Å². The van der Waals surface area contributed by atoms with Gasteiger partial charge in [-0.3, -0.25) is 4.72 Å². The minimum Gasteiger partial charge on any atom is -0.478 e. The van der Waals surface area contributed by atoms with Crippen LogP contribution in [0.15, 0.2) is 77.7 Å². The van der Waals surface area contributed by atoms with E-state index in [1.807, 2.05) is 31.2 Å². The highest BCUT2D eigenvalue weighted by Gasteiger charge is 2.16. The number of hydrogen-bond acceptors (Lipinski definition) is 3. The molecule has 0 atom stereocenters. The molecule has 150 valence electrons. The summed E-state index contributed by atoms with van der Waals surface area (Å²) in [4.78, 5) is 11.6. The van der Waals surface area contributed by atoms with Crippen LogP contribution in [0.4, 0.5) is 5.69 Å². The van der Waals surface area contributed by atoms with Gasteiger partial charge in [-0.1, -0.05) is 55.5 Å². The first-order valence-electron chi connectivity index (χ1n) is 9.41. The fourth-order valence-electron chi connectivity index (χ4n) is 3.16. The van der Waals surface area contributed by atoms with Crippen LogP contribution < -0.4 is 4.72 Å². The highest BCUT2D eigenvalue weighted by Crippen LogP contribution is 2.23. The monoisotopic (exact) mass is 409 g/mol. The number of anilines is 1. The molecule has 0 bridgehead atoms. The van der Waals surface area contributed by atoms with Crippen LogP contribution in [0.5, 0.6) is 0 Å². The van der Waals surface area contributed by atoms with Crippen LogP contribution >= 0.6 is 0 Å². The smallest absolute Gasteiger partial charge is 0.335 e. The van der Waals surface area contributed by atoms with E-state index in [-0.39, 0.29) is 10.5 Å². The first-order chi connectivity index (χ1) is 13.9. The summed E-state index contributed by atoms with van der Waals surface area (Å²) in [6, 6.07) is 20.9. The lowest BCUT2D eigenvalue weighted by Crippen LogP contribution is -2.14. The van der Waals surface area contributed by atoms with Gasteiger partial charge in [0.1, 0.15) is 0 Å². The van der Waals surface area contributed by atoms with E-state index < -0.39 is 16.0 Å². The Morgan fingerprint density at radius 3 is 2.10 bits per heavy atom. The van der Waals surface area contributed by atoms with Gasteiger partial charge in [-0.25, -0.2) is 13.2 Å². The zero-order valence-electron chi connectivity index (χ0n) is 16.1. The van der Waals surface area contributed by atoms with E-state index in [0.717, 1.165) is 17.5 Å². The van der Waals surface area contributed by atoms with Crippen molar-refractivity contribution in [3.63, 3.8) is 0 Å². The minimum absolute atomic E-state index is 0.209. The van der Waals surface area contributed by atoms with Crippen molar-refractivity contribution in [2.75, 3.05) is 4.72 Å². The van der Waals surface area contributed by atoms with Gasteiger partial charge in [-0.2, -0.15) is 0 Å². The molecule has 6 heteroatoms. The van der Waals surface area contributed by atoms with Gasteiger partial charge in [-0.15, -0.1) is 0 Å². The summed E-state index contributed by atoms with van der Waals surface area (Å²) in [6.07, 6.45) is 1.85. The van der Waals surface area contributed by atoms with Crippen LogP contribution in [0.2, 0.25) is 0 Å². The summed E-state index contributed by atoms with van der Waals surface area (Å²) < 4.78 is 28.2. The van der Waals surface area contributed by atoms with Gasteiger partial charge in [0, 0.05) is 0 Å². The Balaban J connectivity index is 1.81. The number of benzene rings is 3. The predicted molar refractivity (Wildman–Crippen MR) is 114 cm³/mol. The molecule has 0 heterocycles. The SMILES string of the molecule is CCc1ccc(S(=O)(=O)Nc2ccccc2CCc2ccccc2C(=O)O)cc1. The second-order valence-electron chi connectivity index (χ2n) is 6.72. The summed E-state index contributed by atoms with van der Waals surface area (Å²) in [5, 5.41) is 9.34. The Morgan fingerprint density at radius 2 is 1.45 bits per heavy atom. The normalized spacial score (nSPS) is 11.2. The molecular formula is C23H23NO4S. The van der Waals surface area contributed by atoms with E-state index in [0.29, 0.717) is 24.1 Å². The third-order valence-corrected chi connectivity index (χ3v) is 6.20. The molecule has 0 aliphatic rings. The van der Waals surface area contributed by atoms with Gasteiger partial charge >= 0.3 is 5.97 Å². The van der Waals surface area contributed by atoms with Crippen molar-refractivity contribution in [1.82, 2.24) is 0 Å². The average molecular weight is 410 g/mol. The van der Waals surface area contributed by atoms with E-state index >= 15 is 0 Å². The second kappa shape index (κ2) is 8.92. The van der Waals surface area contributed by atoms with Crippen LogP contribution in [0.3, 0.4) is 0 Å². The summed E-state index contributed by atoms with van der Waals surface area (Å²) in [5.41, 5.74) is 3.36. The lowest BCUT2D eigenvalue weighted by molar-refractivity contribution is 0.0695. The van der Waals surface area contributed by atoms with E-state index in [1.54, 1.807) is 48.5 Å². The lowest BCUT2D eigenvalue weighted by Gasteiger charge is -2.13. The number of sulfonamides is 1. The standard InChI is InChI=1S/C23H23NO4S/c1-2-17-11-15-20(16-12-17)29(27,28)24-22-10-6-4-8-19(22)14-13-18-7-3-5-9-21(18)23(25)26/h3-12,15-16,24H,2,13-14H2,1H3,(H,25,26). The van der Waals surface area contributed by atoms with E-state index in [1.165, 1.54) is 0 Å². The molecule has 0 saturated carbocycles. The quantitative estimate of drug-likeness (QED) is 0.572.